The molecule has 1 N–H and O–H groups in total. The standard InChI is InChI=1S/C11H18N4O/c1-8-6-15(5-4-12-8)10-9(2)11(16-3)14-7-13-10/h7-8,12H,4-6H2,1-3H3/t8-/m1/s1. The van der Waals surface area contributed by atoms with E-state index in [1.165, 1.54) is 0 Å². The third kappa shape index (κ3) is 2.09. The van der Waals surface area contributed by atoms with E-state index in [0.717, 1.165) is 31.0 Å². The Morgan fingerprint density at radius 1 is 1.50 bits per heavy atom. The quantitative estimate of drug-likeness (QED) is 0.793. The lowest BCUT2D eigenvalue weighted by molar-refractivity contribution is 0.392. The minimum absolute atomic E-state index is 0.495. The zero-order valence-corrected chi connectivity index (χ0v) is 10.0. The summed E-state index contributed by atoms with van der Waals surface area (Å²) in [4.78, 5) is 10.7. The van der Waals surface area contributed by atoms with Crippen LogP contribution in [0.1, 0.15) is 12.5 Å². The summed E-state index contributed by atoms with van der Waals surface area (Å²) in [6.45, 7) is 7.13. The van der Waals surface area contributed by atoms with Gasteiger partial charge in [-0.05, 0) is 13.8 Å². The molecule has 2 heterocycles. The van der Waals surface area contributed by atoms with Gasteiger partial charge in [0, 0.05) is 25.7 Å². The maximum absolute atomic E-state index is 5.21. The van der Waals surface area contributed by atoms with Gasteiger partial charge in [-0.25, -0.2) is 9.97 Å². The molecule has 1 saturated heterocycles. The number of hydrogen-bond donors (Lipinski definition) is 1. The second-order valence-corrected chi connectivity index (χ2v) is 4.13. The number of anilines is 1. The van der Waals surface area contributed by atoms with E-state index < -0.39 is 0 Å². The van der Waals surface area contributed by atoms with Crippen LogP contribution in [0.15, 0.2) is 6.33 Å². The number of aromatic nitrogens is 2. The largest absolute Gasteiger partial charge is 0.481 e. The van der Waals surface area contributed by atoms with Crippen molar-refractivity contribution in [3.63, 3.8) is 0 Å². The lowest BCUT2D eigenvalue weighted by Crippen LogP contribution is -2.49. The van der Waals surface area contributed by atoms with E-state index in [1.54, 1.807) is 13.4 Å². The molecule has 1 aliphatic rings. The number of nitrogens with zero attached hydrogens (tertiary/aromatic N) is 3. The van der Waals surface area contributed by atoms with E-state index >= 15 is 0 Å². The van der Waals surface area contributed by atoms with Crippen LogP contribution in [0.25, 0.3) is 0 Å². The first kappa shape index (κ1) is 11.1. The van der Waals surface area contributed by atoms with Crippen molar-refractivity contribution < 1.29 is 4.74 Å². The SMILES string of the molecule is COc1ncnc(N2CCN[C@H](C)C2)c1C. The molecule has 1 aromatic rings. The highest BCUT2D eigenvalue weighted by atomic mass is 16.5. The van der Waals surface area contributed by atoms with Gasteiger partial charge < -0.3 is 15.0 Å². The molecule has 0 unspecified atom stereocenters. The van der Waals surface area contributed by atoms with E-state index in [1.807, 2.05) is 6.92 Å². The van der Waals surface area contributed by atoms with Crippen molar-refractivity contribution in [1.82, 2.24) is 15.3 Å². The molecule has 0 amide bonds. The van der Waals surface area contributed by atoms with Crippen molar-refractivity contribution in [1.29, 1.82) is 0 Å². The molecule has 2 rings (SSSR count). The molecule has 1 atom stereocenters. The fourth-order valence-corrected chi connectivity index (χ4v) is 2.07. The fourth-order valence-electron chi connectivity index (χ4n) is 2.07. The Labute approximate surface area is 95.8 Å². The Hall–Kier alpha value is -1.36. The third-order valence-electron chi connectivity index (χ3n) is 2.87. The van der Waals surface area contributed by atoms with Gasteiger partial charge in [-0.1, -0.05) is 0 Å². The summed E-state index contributed by atoms with van der Waals surface area (Å²) in [5, 5.41) is 3.41. The molecule has 0 bridgehead atoms. The Kier molecular flexibility index (Phi) is 3.24. The van der Waals surface area contributed by atoms with Gasteiger partial charge in [0.25, 0.3) is 0 Å². The Morgan fingerprint density at radius 2 is 2.31 bits per heavy atom. The summed E-state index contributed by atoms with van der Waals surface area (Å²) >= 11 is 0. The van der Waals surface area contributed by atoms with Crippen LogP contribution in [-0.2, 0) is 0 Å². The molecular formula is C11H18N4O. The van der Waals surface area contributed by atoms with Crippen molar-refractivity contribution in [2.24, 2.45) is 0 Å². The van der Waals surface area contributed by atoms with Crippen LogP contribution in [0, 0.1) is 6.92 Å². The number of rotatable bonds is 2. The smallest absolute Gasteiger partial charge is 0.221 e. The minimum atomic E-state index is 0.495. The molecule has 0 aromatic carbocycles. The minimum Gasteiger partial charge on any atom is -0.481 e. The second-order valence-electron chi connectivity index (χ2n) is 4.13. The zero-order chi connectivity index (χ0) is 11.5. The van der Waals surface area contributed by atoms with Crippen LogP contribution in [0.5, 0.6) is 5.88 Å². The van der Waals surface area contributed by atoms with E-state index in [2.05, 4.69) is 27.1 Å². The number of ether oxygens (including phenoxy) is 1. The van der Waals surface area contributed by atoms with Crippen molar-refractivity contribution in [3.8, 4) is 5.88 Å². The number of piperazine rings is 1. The van der Waals surface area contributed by atoms with Gasteiger partial charge in [0.1, 0.15) is 12.1 Å². The highest BCUT2D eigenvalue weighted by Crippen LogP contribution is 2.24. The summed E-state index contributed by atoms with van der Waals surface area (Å²) in [6.07, 6.45) is 1.56. The predicted molar refractivity (Wildman–Crippen MR) is 63.0 cm³/mol. The molecule has 88 valence electrons. The monoisotopic (exact) mass is 222 g/mol. The van der Waals surface area contributed by atoms with Gasteiger partial charge in [0.15, 0.2) is 0 Å². The number of methoxy groups -OCH3 is 1. The van der Waals surface area contributed by atoms with Crippen LogP contribution < -0.4 is 15.0 Å². The van der Waals surface area contributed by atoms with Crippen LogP contribution in [0.3, 0.4) is 0 Å². The van der Waals surface area contributed by atoms with Gasteiger partial charge in [-0.3, -0.25) is 0 Å². The first-order chi connectivity index (χ1) is 7.72. The van der Waals surface area contributed by atoms with Gasteiger partial charge >= 0.3 is 0 Å². The average molecular weight is 222 g/mol. The molecule has 5 heteroatoms. The summed E-state index contributed by atoms with van der Waals surface area (Å²) in [6, 6.07) is 0.495. The van der Waals surface area contributed by atoms with E-state index in [9.17, 15) is 0 Å². The Balaban J connectivity index is 2.25. The first-order valence-corrected chi connectivity index (χ1v) is 5.56. The van der Waals surface area contributed by atoms with Crippen LogP contribution in [0.2, 0.25) is 0 Å². The van der Waals surface area contributed by atoms with Crippen molar-refractivity contribution >= 4 is 5.82 Å². The highest BCUT2D eigenvalue weighted by Gasteiger charge is 2.20. The van der Waals surface area contributed by atoms with Gasteiger partial charge in [0.2, 0.25) is 5.88 Å². The summed E-state index contributed by atoms with van der Waals surface area (Å²) in [7, 11) is 1.64. The molecule has 16 heavy (non-hydrogen) atoms. The summed E-state index contributed by atoms with van der Waals surface area (Å²) < 4.78 is 5.21. The molecule has 0 saturated carbocycles. The molecular weight excluding hydrogens is 204 g/mol. The van der Waals surface area contributed by atoms with Crippen molar-refractivity contribution in [3.05, 3.63) is 11.9 Å². The maximum Gasteiger partial charge on any atom is 0.221 e. The zero-order valence-electron chi connectivity index (χ0n) is 10.0. The normalized spacial score (nSPS) is 20.9. The van der Waals surface area contributed by atoms with Crippen LogP contribution in [0.4, 0.5) is 5.82 Å². The fraction of sp³-hybridized carbons (Fsp3) is 0.636. The highest BCUT2D eigenvalue weighted by molar-refractivity contribution is 5.50. The maximum atomic E-state index is 5.21. The Bertz CT molecular complexity index is 369. The number of hydrogen-bond acceptors (Lipinski definition) is 5. The number of nitrogens with one attached hydrogen (secondary N) is 1. The lowest BCUT2D eigenvalue weighted by Gasteiger charge is -2.33. The van der Waals surface area contributed by atoms with Crippen molar-refractivity contribution in [2.75, 3.05) is 31.6 Å². The molecule has 1 fully saturated rings. The predicted octanol–water partition coefficient (Wildman–Crippen LogP) is 0.592. The van der Waals surface area contributed by atoms with Gasteiger partial charge in [-0.2, -0.15) is 0 Å². The molecule has 0 spiro atoms. The van der Waals surface area contributed by atoms with Gasteiger partial charge in [-0.15, -0.1) is 0 Å². The Morgan fingerprint density at radius 3 is 3.00 bits per heavy atom. The lowest BCUT2D eigenvalue weighted by atomic mass is 10.2. The first-order valence-electron chi connectivity index (χ1n) is 5.56. The topological polar surface area (TPSA) is 50.3 Å². The van der Waals surface area contributed by atoms with Crippen molar-refractivity contribution in [2.45, 2.75) is 19.9 Å². The summed E-state index contributed by atoms with van der Waals surface area (Å²) in [5.74, 6) is 1.65. The summed E-state index contributed by atoms with van der Waals surface area (Å²) in [5.41, 5.74) is 1.01. The molecule has 1 aliphatic heterocycles. The second kappa shape index (κ2) is 4.65. The van der Waals surface area contributed by atoms with Crippen LogP contribution in [-0.4, -0.2) is 42.8 Å². The van der Waals surface area contributed by atoms with Crippen LogP contribution >= 0.6 is 0 Å². The average Bonchev–Trinajstić information content (AvgIpc) is 2.29. The van der Waals surface area contributed by atoms with E-state index in [0.29, 0.717) is 11.9 Å². The molecule has 0 radical (unpaired) electrons. The molecule has 0 aliphatic carbocycles. The molecule has 1 aromatic heterocycles. The van der Waals surface area contributed by atoms with E-state index in [-0.39, 0.29) is 0 Å². The molecule has 5 nitrogen and oxygen atoms in total. The van der Waals surface area contributed by atoms with E-state index in [4.69, 9.17) is 4.74 Å². The van der Waals surface area contributed by atoms with Gasteiger partial charge in [0.05, 0.1) is 12.7 Å². The third-order valence-corrected chi connectivity index (χ3v) is 2.87.